The first-order valence-corrected chi connectivity index (χ1v) is 5.71. The first-order chi connectivity index (χ1) is 7.90. The molecule has 0 aliphatic heterocycles. The molecular formula is C12H16ClNO3. The van der Waals surface area contributed by atoms with Crippen LogP contribution in [0, 0.1) is 0 Å². The van der Waals surface area contributed by atoms with E-state index in [0.717, 1.165) is 5.56 Å². The number of rotatable bonds is 5. The van der Waals surface area contributed by atoms with Crippen molar-refractivity contribution in [2.24, 2.45) is 5.73 Å². The molecule has 2 atom stereocenters. The van der Waals surface area contributed by atoms with Crippen LogP contribution in [0.15, 0.2) is 18.2 Å². The summed E-state index contributed by atoms with van der Waals surface area (Å²) in [7, 11) is 0. The molecule has 0 saturated carbocycles. The maximum atomic E-state index is 10.7. The average molecular weight is 258 g/mol. The first kappa shape index (κ1) is 13.8. The van der Waals surface area contributed by atoms with Crippen molar-refractivity contribution in [1.29, 1.82) is 0 Å². The third-order valence-electron chi connectivity index (χ3n) is 2.22. The molecule has 17 heavy (non-hydrogen) atoms. The van der Waals surface area contributed by atoms with E-state index in [2.05, 4.69) is 0 Å². The molecule has 1 rings (SSSR count). The summed E-state index contributed by atoms with van der Waals surface area (Å²) in [4.78, 5) is 10.7. The highest BCUT2D eigenvalue weighted by Gasteiger charge is 2.15. The molecule has 3 N–H and O–H groups in total. The Morgan fingerprint density at radius 1 is 1.53 bits per heavy atom. The molecule has 0 saturated heterocycles. The number of aliphatic carboxylic acids is 1. The minimum absolute atomic E-state index is 0.0454. The van der Waals surface area contributed by atoms with Crippen LogP contribution < -0.4 is 10.5 Å². The van der Waals surface area contributed by atoms with Gasteiger partial charge in [0.25, 0.3) is 0 Å². The van der Waals surface area contributed by atoms with Crippen molar-refractivity contribution in [1.82, 2.24) is 0 Å². The lowest BCUT2D eigenvalue weighted by Crippen LogP contribution is -2.24. The lowest BCUT2D eigenvalue weighted by atomic mass is 10.1. The molecule has 0 aliphatic carbocycles. The van der Waals surface area contributed by atoms with Crippen LogP contribution in [0.2, 0.25) is 5.02 Å². The second kappa shape index (κ2) is 5.89. The van der Waals surface area contributed by atoms with Crippen molar-refractivity contribution >= 4 is 17.6 Å². The summed E-state index contributed by atoms with van der Waals surface area (Å²) in [5, 5.41) is 9.37. The van der Waals surface area contributed by atoms with Gasteiger partial charge in [0.05, 0.1) is 0 Å². The van der Waals surface area contributed by atoms with E-state index in [9.17, 15) is 4.79 Å². The number of carbonyl (C=O) groups is 1. The smallest absolute Gasteiger partial charge is 0.344 e. The van der Waals surface area contributed by atoms with Crippen LogP contribution >= 0.6 is 11.6 Å². The lowest BCUT2D eigenvalue weighted by Gasteiger charge is -2.16. The Bertz CT molecular complexity index is 407. The Kier molecular flexibility index (Phi) is 4.78. The van der Waals surface area contributed by atoms with Gasteiger partial charge in [-0.25, -0.2) is 4.79 Å². The van der Waals surface area contributed by atoms with Crippen LogP contribution in [0.25, 0.3) is 0 Å². The van der Waals surface area contributed by atoms with Crippen molar-refractivity contribution in [3.05, 3.63) is 28.8 Å². The Morgan fingerprint density at radius 3 is 2.71 bits per heavy atom. The normalized spacial score (nSPS) is 14.1. The number of hydrogen-bond donors (Lipinski definition) is 2. The van der Waals surface area contributed by atoms with Gasteiger partial charge in [-0.15, -0.1) is 0 Å². The minimum Gasteiger partial charge on any atom is -0.479 e. The molecule has 0 amide bonds. The summed E-state index contributed by atoms with van der Waals surface area (Å²) in [6.07, 6.45) is -0.314. The van der Waals surface area contributed by atoms with Crippen molar-refractivity contribution in [3.8, 4) is 5.75 Å². The van der Waals surface area contributed by atoms with Crippen LogP contribution in [0.3, 0.4) is 0 Å². The minimum atomic E-state index is -1.01. The van der Waals surface area contributed by atoms with Crippen LogP contribution in [-0.2, 0) is 11.2 Å². The molecule has 5 heteroatoms. The van der Waals surface area contributed by atoms with Gasteiger partial charge < -0.3 is 15.6 Å². The number of nitrogens with two attached hydrogens (primary N) is 1. The van der Waals surface area contributed by atoms with E-state index in [-0.39, 0.29) is 6.04 Å². The molecule has 0 radical (unpaired) electrons. The second-order valence-electron chi connectivity index (χ2n) is 4.03. The van der Waals surface area contributed by atoms with Gasteiger partial charge in [0, 0.05) is 11.1 Å². The van der Waals surface area contributed by atoms with Gasteiger partial charge in [-0.3, -0.25) is 0 Å². The van der Waals surface area contributed by atoms with E-state index >= 15 is 0 Å². The number of hydrogen-bond acceptors (Lipinski definition) is 3. The van der Waals surface area contributed by atoms with Gasteiger partial charge in [-0.2, -0.15) is 0 Å². The largest absolute Gasteiger partial charge is 0.479 e. The van der Waals surface area contributed by atoms with Gasteiger partial charge in [0.15, 0.2) is 6.10 Å². The van der Waals surface area contributed by atoms with E-state index < -0.39 is 12.1 Å². The number of carboxylic acids is 1. The van der Waals surface area contributed by atoms with Crippen LogP contribution in [0.1, 0.15) is 19.4 Å². The fraction of sp³-hybridized carbons (Fsp3) is 0.417. The maximum absolute atomic E-state index is 10.7. The number of halogens is 1. The Balaban J connectivity index is 2.93. The van der Waals surface area contributed by atoms with E-state index in [1.165, 1.54) is 6.92 Å². The molecule has 1 aromatic carbocycles. The number of carboxylic acid groups (broad SMARTS) is 1. The highest BCUT2D eigenvalue weighted by molar-refractivity contribution is 6.30. The SMILES string of the molecule is CC(N)Cc1cc(Cl)ccc1OC(C)C(=O)O. The average Bonchev–Trinajstić information content (AvgIpc) is 2.20. The van der Waals surface area contributed by atoms with Crippen molar-refractivity contribution in [3.63, 3.8) is 0 Å². The first-order valence-electron chi connectivity index (χ1n) is 5.33. The molecule has 0 aromatic heterocycles. The van der Waals surface area contributed by atoms with Crippen molar-refractivity contribution < 1.29 is 14.6 Å². The molecule has 2 unspecified atom stereocenters. The maximum Gasteiger partial charge on any atom is 0.344 e. The summed E-state index contributed by atoms with van der Waals surface area (Å²) in [6, 6.07) is 5.03. The quantitative estimate of drug-likeness (QED) is 0.847. The Hall–Kier alpha value is -1.26. The predicted octanol–water partition coefficient (Wildman–Crippen LogP) is 2.08. The zero-order valence-corrected chi connectivity index (χ0v) is 10.6. The van der Waals surface area contributed by atoms with Crippen LogP contribution in [0.5, 0.6) is 5.75 Å². The number of ether oxygens (including phenoxy) is 1. The zero-order valence-electron chi connectivity index (χ0n) is 9.81. The Morgan fingerprint density at radius 2 is 2.18 bits per heavy atom. The molecular weight excluding hydrogens is 242 g/mol. The fourth-order valence-corrected chi connectivity index (χ4v) is 1.60. The summed E-state index contributed by atoms with van der Waals surface area (Å²) in [6.45, 7) is 3.35. The van der Waals surface area contributed by atoms with Gasteiger partial charge in [0.1, 0.15) is 5.75 Å². The second-order valence-corrected chi connectivity index (χ2v) is 4.47. The molecule has 0 aliphatic rings. The van der Waals surface area contributed by atoms with E-state index in [4.69, 9.17) is 27.2 Å². The molecule has 0 spiro atoms. The third kappa shape index (κ3) is 4.24. The molecule has 1 aromatic rings. The summed E-state index contributed by atoms with van der Waals surface area (Å²) >= 11 is 5.89. The van der Waals surface area contributed by atoms with Crippen LogP contribution in [0.4, 0.5) is 0 Å². The molecule has 0 heterocycles. The summed E-state index contributed by atoms with van der Waals surface area (Å²) < 4.78 is 5.35. The Labute approximate surface area is 105 Å². The highest BCUT2D eigenvalue weighted by atomic mass is 35.5. The highest BCUT2D eigenvalue weighted by Crippen LogP contribution is 2.25. The van der Waals surface area contributed by atoms with Crippen LogP contribution in [-0.4, -0.2) is 23.2 Å². The van der Waals surface area contributed by atoms with Gasteiger partial charge in [-0.05, 0) is 44.0 Å². The monoisotopic (exact) mass is 257 g/mol. The van der Waals surface area contributed by atoms with Crippen molar-refractivity contribution in [2.45, 2.75) is 32.4 Å². The topological polar surface area (TPSA) is 72.5 Å². The fourth-order valence-electron chi connectivity index (χ4n) is 1.41. The summed E-state index contributed by atoms with van der Waals surface area (Å²) in [5.41, 5.74) is 6.54. The lowest BCUT2D eigenvalue weighted by molar-refractivity contribution is -0.144. The van der Waals surface area contributed by atoms with E-state index in [0.29, 0.717) is 17.2 Å². The predicted molar refractivity (Wildman–Crippen MR) is 66.5 cm³/mol. The van der Waals surface area contributed by atoms with E-state index in [1.54, 1.807) is 18.2 Å². The molecule has 0 bridgehead atoms. The number of benzene rings is 1. The summed E-state index contributed by atoms with van der Waals surface area (Å²) in [5.74, 6) is -0.492. The molecule has 0 fully saturated rings. The van der Waals surface area contributed by atoms with Gasteiger partial charge in [0.2, 0.25) is 0 Å². The van der Waals surface area contributed by atoms with Gasteiger partial charge >= 0.3 is 5.97 Å². The van der Waals surface area contributed by atoms with Crippen molar-refractivity contribution in [2.75, 3.05) is 0 Å². The standard InChI is InChI=1S/C12H16ClNO3/c1-7(14)5-9-6-10(13)3-4-11(9)17-8(2)12(15)16/h3-4,6-8H,5,14H2,1-2H3,(H,15,16). The molecule has 4 nitrogen and oxygen atoms in total. The van der Waals surface area contributed by atoms with E-state index in [1.807, 2.05) is 6.92 Å². The zero-order chi connectivity index (χ0) is 13.0. The van der Waals surface area contributed by atoms with Gasteiger partial charge in [-0.1, -0.05) is 11.6 Å². The molecule has 94 valence electrons. The third-order valence-corrected chi connectivity index (χ3v) is 2.45.